The summed E-state index contributed by atoms with van der Waals surface area (Å²) in [5.41, 5.74) is 0.645. The lowest BCUT2D eigenvalue weighted by atomic mass is 10.1. The largest absolute Gasteiger partial charge is 0.483 e. The second-order valence-electron chi connectivity index (χ2n) is 4.34. The second kappa shape index (κ2) is 8.94. The molecule has 0 aromatic heterocycles. The molecule has 20 heavy (non-hydrogen) atoms. The topological polar surface area (TPSA) is 67.8 Å². The Morgan fingerprint density at radius 3 is 2.90 bits per heavy atom. The van der Waals surface area contributed by atoms with Crippen molar-refractivity contribution in [1.82, 2.24) is 5.32 Å². The third kappa shape index (κ3) is 5.90. The standard InChI is InChI=1S/C14H20BrNO4/c1-10(17)12-8-11(15)4-5-13(12)20-9-14(18)16-6-3-7-19-2/h4-5,8,10,17H,3,6-7,9H2,1-2H3,(H,16,18)/t10-/m0/s1. The molecular weight excluding hydrogens is 326 g/mol. The van der Waals surface area contributed by atoms with E-state index >= 15 is 0 Å². The minimum atomic E-state index is -0.660. The van der Waals surface area contributed by atoms with Crippen LogP contribution in [0.1, 0.15) is 25.0 Å². The van der Waals surface area contributed by atoms with Crippen molar-refractivity contribution >= 4 is 21.8 Å². The molecule has 0 saturated heterocycles. The van der Waals surface area contributed by atoms with Crippen molar-refractivity contribution in [1.29, 1.82) is 0 Å². The van der Waals surface area contributed by atoms with Gasteiger partial charge < -0.3 is 19.9 Å². The molecule has 0 aliphatic rings. The Morgan fingerprint density at radius 2 is 2.25 bits per heavy atom. The van der Waals surface area contributed by atoms with Gasteiger partial charge >= 0.3 is 0 Å². The van der Waals surface area contributed by atoms with E-state index < -0.39 is 6.10 Å². The van der Waals surface area contributed by atoms with Crippen LogP contribution in [-0.4, -0.2) is 37.9 Å². The van der Waals surface area contributed by atoms with Gasteiger partial charge in [0, 0.05) is 30.3 Å². The number of aliphatic hydroxyl groups is 1. The van der Waals surface area contributed by atoms with E-state index in [1.54, 1.807) is 32.2 Å². The van der Waals surface area contributed by atoms with Crippen LogP contribution in [0.25, 0.3) is 0 Å². The Labute approximate surface area is 127 Å². The molecule has 1 rings (SSSR count). The average molecular weight is 346 g/mol. The molecule has 2 N–H and O–H groups in total. The molecule has 5 nitrogen and oxygen atoms in total. The summed E-state index contributed by atoms with van der Waals surface area (Å²) in [6.45, 7) is 2.74. The Bertz CT molecular complexity index is 437. The summed E-state index contributed by atoms with van der Waals surface area (Å²) < 4.78 is 11.2. The van der Waals surface area contributed by atoms with E-state index in [4.69, 9.17) is 9.47 Å². The van der Waals surface area contributed by atoms with Gasteiger partial charge in [-0.05, 0) is 31.5 Å². The summed E-state index contributed by atoms with van der Waals surface area (Å²) in [7, 11) is 1.62. The van der Waals surface area contributed by atoms with Crippen LogP contribution in [0.5, 0.6) is 5.75 Å². The van der Waals surface area contributed by atoms with Crippen LogP contribution in [0.4, 0.5) is 0 Å². The monoisotopic (exact) mass is 345 g/mol. The third-order valence-electron chi connectivity index (χ3n) is 2.63. The average Bonchev–Trinajstić information content (AvgIpc) is 2.42. The molecule has 112 valence electrons. The van der Waals surface area contributed by atoms with Gasteiger partial charge in [-0.1, -0.05) is 15.9 Å². The summed E-state index contributed by atoms with van der Waals surface area (Å²) >= 11 is 3.34. The lowest BCUT2D eigenvalue weighted by Gasteiger charge is -2.13. The number of benzene rings is 1. The first-order valence-corrected chi connectivity index (χ1v) is 7.20. The molecule has 1 aromatic carbocycles. The first kappa shape index (κ1) is 16.9. The maximum atomic E-state index is 11.6. The van der Waals surface area contributed by atoms with Crippen molar-refractivity contribution < 1.29 is 19.4 Å². The molecule has 0 unspecified atom stereocenters. The van der Waals surface area contributed by atoms with Crippen molar-refractivity contribution in [3.8, 4) is 5.75 Å². The second-order valence-corrected chi connectivity index (χ2v) is 5.26. The van der Waals surface area contributed by atoms with Gasteiger partial charge in [0.25, 0.3) is 5.91 Å². The number of carbonyl (C=O) groups is 1. The van der Waals surface area contributed by atoms with Crippen LogP contribution in [0.3, 0.4) is 0 Å². The molecule has 1 atom stereocenters. The van der Waals surface area contributed by atoms with Gasteiger partial charge in [-0.3, -0.25) is 4.79 Å². The lowest BCUT2D eigenvalue weighted by Crippen LogP contribution is -2.30. The molecule has 0 saturated carbocycles. The number of ether oxygens (including phenoxy) is 2. The molecule has 0 spiro atoms. The van der Waals surface area contributed by atoms with E-state index in [-0.39, 0.29) is 12.5 Å². The number of carbonyl (C=O) groups excluding carboxylic acids is 1. The quantitative estimate of drug-likeness (QED) is 0.707. The van der Waals surface area contributed by atoms with Crippen molar-refractivity contribution in [2.75, 3.05) is 26.9 Å². The van der Waals surface area contributed by atoms with Gasteiger partial charge in [-0.25, -0.2) is 0 Å². The highest BCUT2D eigenvalue weighted by molar-refractivity contribution is 9.10. The highest BCUT2D eigenvalue weighted by atomic mass is 79.9. The lowest BCUT2D eigenvalue weighted by molar-refractivity contribution is -0.123. The van der Waals surface area contributed by atoms with Crippen LogP contribution in [0.2, 0.25) is 0 Å². The Kier molecular flexibility index (Phi) is 7.58. The molecule has 0 heterocycles. The number of hydrogen-bond donors (Lipinski definition) is 2. The molecular formula is C14H20BrNO4. The fourth-order valence-electron chi connectivity index (χ4n) is 1.62. The maximum absolute atomic E-state index is 11.6. The SMILES string of the molecule is COCCCNC(=O)COc1ccc(Br)cc1[C@H](C)O. The fraction of sp³-hybridized carbons (Fsp3) is 0.500. The van der Waals surface area contributed by atoms with Crippen LogP contribution < -0.4 is 10.1 Å². The Morgan fingerprint density at radius 1 is 1.50 bits per heavy atom. The Hall–Kier alpha value is -1.11. The van der Waals surface area contributed by atoms with Crippen LogP contribution >= 0.6 is 15.9 Å². The highest BCUT2D eigenvalue weighted by Gasteiger charge is 2.11. The number of halogens is 1. The summed E-state index contributed by atoms with van der Waals surface area (Å²) in [4.78, 5) is 11.6. The predicted octanol–water partition coefficient (Wildman–Crippen LogP) is 2.03. The van der Waals surface area contributed by atoms with Gasteiger partial charge in [0.1, 0.15) is 5.75 Å². The zero-order valence-electron chi connectivity index (χ0n) is 11.7. The fourth-order valence-corrected chi connectivity index (χ4v) is 1.99. The van der Waals surface area contributed by atoms with E-state index in [2.05, 4.69) is 21.2 Å². The zero-order chi connectivity index (χ0) is 15.0. The van der Waals surface area contributed by atoms with Crippen molar-refractivity contribution in [3.05, 3.63) is 28.2 Å². The van der Waals surface area contributed by atoms with Crippen molar-refractivity contribution in [3.63, 3.8) is 0 Å². The maximum Gasteiger partial charge on any atom is 0.257 e. The summed E-state index contributed by atoms with van der Waals surface area (Å²) in [6.07, 6.45) is 0.103. The molecule has 1 aromatic rings. The number of hydrogen-bond acceptors (Lipinski definition) is 4. The molecule has 6 heteroatoms. The van der Waals surface area contributed by atoms with Gasteiger partial charge in [-0.15, -0.1) is 0 Å². The van der Waals surface area contributed by atoms with E-state index in [0.717, 1.165) is 10.9 Å². The minimum absolute atomic E-state index is 0.0751. The number of aliphatic hydroxyl groups excluding tert-OH is 1. The molecule has 0 fully saturated rings. The number of methoxy groups -OCH3 is 1. The molecule has 0 aliphatic heterocycles. The zero-order valence-corrected chi connectivity index (χ0v) is 13.3. The van der Waals surface area contributed by atoms with Crippen molar-refractivity contribution in [2.24, 2.45) is 0 Å². The number of rotatable bonds is 8. The summed E-state index contributed by atoms with van der Waals surface area (Å²) in [5, 5.41) is 12.4. The molecule has 0 radical (unpaired) electrons. The summed E-state index contributed by atoms with van der Waals surface area (Å²) in [6, 6.07) is 5.30. The van der Waals surface area contributed by atoms with E-state index in [1.807, 2.05) is 0 Å². The Balaban J connectivity index is 2.47. The predicted molar refractivity (Wildman–Crippen MR) is 79.8 cm³/mol. The normalized spacial score (nSPS) is 12.0. The van der Waals surface area contributed by atoms with Gasteiger partial charge in [0.15, 0.2) is 6.61 Å². The summed E-state index contributed by atoms with van der Waals surface area (Å²) in [5.74, 6) is 0.316. The highest BCUT2D eigenvalue weighted by Crippen LogP contribution is 2.28. The van der Waals surface area contributed by atoms with E-state index in [0.29, 0.717) is 24.5 Å². The van der Waals surface area contributed by atoms with Crippen LogP contribution in [0, 0.1) is 0 Å². The molecule has 1 amide bonds. The number of nitrogens with one attached hydrogen (secondary N) is 1. The van der Waals surface area contributed by atoms with E-state index in [9.17, 15) is 9.90 Å². The van der Waals surface area contributed by atoms with Crippen LogP contribution in [0.15, 0.2) is 22.7 Å². The first-order valence-electron chi connectivity index (χ1n) is 6.40. The van der Waals surface area contributed by atoms with Gasteiger partial charge in [0.05, 0.1) is 6.10 Å². The third-order valence-corrected chi connectivity index (χ3v) is 3.12. The first-order chi connectivity index (χ1) is 9.54. The van der Waals surface area contributed by atoms with E-state index in [1.165, 1.54) is 0 Å². The van der Waals surface area contributed by atoms with Crippen LogP contribution in [-0.2, 0) is 9.53 Å². The molecule has 0 bridgehead atoms. The smallest absolute Gasteiger partial charge is 0.257 e. The minimum Gasteiger partial charge on any atom is -0.483 e. The van der Waals surface area contributed by atoms with Crippen molar-refractivity contribution in [2.45, 2.75) is 19.4 Å². The molecule has 0 aliphatic carbocycles. The van der Waals surface area contributed by atoms with Gasteiger partial charge in [0.2, 0.25) is 0 Å². The van der Waals surface area contributed by atoms with Gasteiger partial charge in [-0.2, -0.15) is 0 Å². The number of amides is 1.